The number of hydrogen-bond donors (Lipinski definition) is 1. The van der Waals surface area contributed by atoms with Gasteiger partial charge >= 0.3 is 5.97 Å². The molecular weight excluding hydrogens is 370 g/mol. The number of likely N-dealkylation sites (tertiary alicyclic amines) is 1. The highest BCUT2D eigenvalue weighted by molar-refractivity contribution is 6.32. The van der Waals surface area contributed by atoms with Gasteiger partial charge in [0.25, 0.3) is 5.91 Å². The van der Waals surface area contributed by atoms with Gasteiger partial charge in [0.15, 0.2) is 5.69 Å². The van der Waals surface area contributed by atoms with Crippen LogP contribution in [0, 0.1) is 18.3 Å². The monoisotopic (exact) mass is 389 g/mol. The summed E-state index contributed by atoms with van der Waals surface area (Å²) < 4.78 is 7.08. The first-order valence-electron chi connectivity index (χ1n) is 8.84. The van der Waals surface area contributed by atoms with Gasteiger partial charge in [-0.25, -0.2) is 4.68 Å². The Morgan fingerprint density at radius 3 is 2.85 bits per heavy atom. The van der Waals surface area contributed by atoms with Crippen molar-refractivity contribution in [2.24, 2.45) is 11.3 Å². The molecule has 7 nitrogen and oxygen atoms in total. The molecule has 2 saturated heterocycles. The Hall–Kier alpha value is -2.38. The smallest absolute Gasteiger partial charge is 0.311 e. The molecule has 1 aromatic heterocycles. The van der Waals surface area contributed by atoms with Crippen LogP contribution in [0.2, 0.25) is 5.02 Å². The Morgan fingerprint density at radius 1 is 1.37 bits per heavy atom. The lowest BCUT2D eigenvalue weighted by Crippen LogP contribution is -2.45. The molecule has 2 aromatic rings. The molecule has 0 spiro atoms. The van der Waals surface area contributed by atoms with Crippen LogP contribution in [0.1, 0.15) is 22.6 Å². The third kappa shape index (κ3) is 2.91. The second kappa shape index (κ2) is 6.65. The van der Waals surface area contributed by atoms with Crippen molar-refractivity contribution in [2.75, 3.05) is 26.3 Å². The number of aryl methyl sites for hydroxylation is 1. The largest absolute Gasteiger partial charge is 0.481 e. The van der Waals surface area contributed by atoms with E-state index < -0.39 is 11.4 Å². The summed E-state index contributed by atoms with van der Waals surface area (Å²) in [5, 5.41) is 14.7. The molecule has 2 aliphatic rings. The lowest BCUT2D eigenvalue weighted by molar-refractivity contribution is -0.157. The predicted octanol–water partition coefficient (Wildman–Crippen LogP) is 2.40. The van der Waals surface area contributed by atoms with Crippen LogP contribution in [-0.4, -0.2) is 58.0 Å². The van der Waals surface area contributed by atoms with Crippen LogP contribution in [0.25, 0.3) is 5.69 Å². The highest BCUT2D eigenvalue weighted by Gasteiger charge is 2.55. The molecule has 0 unspecified atom stereocenters. The van der Waals surface area contributed by atoms with Gasteiger partial charge in [-0.3, -0.25) is 9.59 Å². The Morgan fingerprint density at radius 2 is 2.15 bits per heavy atom. The van der Waals surface area contributed by atoms with E-state index in [0.717, 1.165) is 5.69 Å². The van der Waals surface area contributed by atoms with Gasteiger partial charge in [-0.1, -0.05) is 23.7 Å². The molecule has 1 amide bonds. The number of fused-ring (bicyclic) bond motifs is 1. The maximum atomic E-state index is 13.0. The van der Waals surface area contributed by atoms with Crippen molar-refractivity contribution < 1.29 is 19.4 Å². The number of carboxylic acid groups (broad SMARTS) is 1. The number of aliphatic carboxylic acids is 1. The Labute approximate surface area is 161 Å². The average Bonchev–Trinajstić information content (AvgIpc) is 3.23. The number of para-hydroxylation sites is 1. The SMILES string of the molecule is Cc1cc(C(=O)N2C[C@H]3COCC[C@@]3(C(=O)O)C2)nn1-c1ccccc1Cl. The lowest BCUT2D eigenvalue weighted by atomic mass is 9.74. The summed E-state index contributed by atoms with van der Waals surface area (Å²) in [6.45, 7) is 3.17. The maximum Gasteiger partial charge on any atom is 0.311 e. The summed E-state index contributed by atoms with van der Waals surface area (Å²) in [7, 11) is 0. The molecule has 8 heteroatoms. The normalized spacial score (nSPS) is 24.7. The minimum atomic E-state index is -0.922. The fraction of sp³-hybridized carbons (Fsp3) is 0.421. The fourth-order valence-electron chi connectivity index (χ4n) is 4.06. The quantitative estimate of drug-likeness (QED) is 0.871. The molecule has 142 valence electrons. The Balaban J connectivity index is 1.62. The second-order valence-corrected chi connectivity index (χ2v) is 7.61. The number of carboxylic acids is 1. The average molecular weight is 390 g/mol. The number of carbonyl (C=O) groups excluding carboxylic acids is 1. The van der Waals surface area contributed by atoms with Gasteiger partial charge < -0.3 is 14.7 Å². The molecule has 1 N–H and O–H groups in total. The first-order chi connectivity index (χ1) is 12.9. The first-order valence-corrected chi connectivity index (χ1v) is 9.22. The van der Waals surface area contributed by atoms with Crippen molar-refractivity contribution in [2.45, 2.75) is 13.3 Å². The molecule has 27 heavy (non-hydrogen) atoms. The number of halogens is 1. The minimum absolute atomic E-state index is 0.188. The van der Waals surface area contributed by atoms with E-state index in [9.17, 15) is 14.7 Å². The maximum absolute atomic E-state index is 13.0. The molecule has 3 heterocycles. The van der Waals surface area contributed by atoms with Crippen LogP contribution in [0.3, 0.4) is 0 Å². The van der Waals surface area contributed by atoms with Crippen LogP contribution < -0.4 is 0 Å². The molecule has 2 atom stereocenters. The number of hydrogen-bond acceptors (Lipinski definition) is 4. The third-order valence-corrected chi connectivity index (χ3v) is 5.93. The summed E-state index contributed by atoms with van der Waals surface area (Å²) in [6, 6.07) is 8.98. The van der Waals surface area contributed by atoms with E-state index in [-0.39, 0.29) is 24.1 Å². The fourth-order valence-corrected chi connectivity index (χ4v) is 4.28. The molecule has 4 rings (SSSR count). The minimum Gasteiger partial charge on any atom is -0.481 e. The van der Waals surface area contributed by atoms with Crippen LogP contribution in [0.5, 0.6) is 0 Å². The van der Waals surface area contributed by atoms with Crippen molar-refractivity contribution in [3.8, 4) is 5.69 Å². The zero-order valence-electron chi connectivity index (χ0n) is 14.9. The second-order valence-electron chi connectivity index (χ2n) is 7.20. The van der Waals surface area contributed by atoms with Crippen LogP contribution in [-0.2, 0) is 9.53 Å². The molecule has 0 bridgehead atoms. The Bertz CT molecular complexity index is 912. The van der Waals surface area contributed by atoms with Crippen molar-refractivity contribution >= 4 is 23.5 Å². The highest BCUT2D eigenvalue weighted by Crippen LogP contribution is 2.42. The standard InChI is InChI=1S/C19H20ClN3O4/c1-12-8-15(21-23(12)16-5-3-2-4-14(16)20)17(24)22-9-13-10-27-7-6-19(13,11-22)18(25)26/h2-5,8,13H,6-7,9-11H2,1H3,(H,25,26)/t13-,19+/m0/s1. The Kier molecular flexibility index (Phi) is 4.44. The number of nitrogens with zero attached hydrogens (tertiary/aromatic N) is 3. The summed E-state index contributed by atoms with van der Waals surface area (Å²) in [5.74, 6) is -1.32. The van der Waals surface area contributed by atoms with Gasteiger partial charge in [-0.05, 0) is 31.5 Å². The van der Waals surface area contributed by atoms with Crippen molar-refractivity contribution in [1.82, 2.24) is 14.7 Å². The van der Waals surface area contributed by atoms with Gasteiger partial charge in [0.05, 0.1) is 22.7 Å². The van der Waals surface area contributed by atoms with Gasteiger partial charge in [0.1, 0.15) is 0 Å². The van der Waals surface area contributed by atoms with Crippen LogP contribution in [0.15, 0.2) is 30.3 Å². The predicted molar refractivity (Wildman–Crippen MR) is 98.2 cm³/mol. The topological polar surface area (TPSA) is 84.7 Å². The molecule has 2 fully saturated rings. The molecular formula is C19H20ClN3O4. The number of ether oxygens (including phenoxy) is 1. The zero-order chi connectivity index (χ0) is 19.2. The summed E-state index contributed by atoms with van der Waals surface area (Å²) in [6.07, 6.45) is 0.421. The van der Waals surface area contributed by atoms with E-state index in [1.165, 1.54) is 0 Å². The molecule has 0 radical (unpaired) electrons. The molecule has 0 aliphatic carbocycles. The lowest BCUT2D eigenvalue weighted by Gasteiger charge is -2.33. The third-order valence-electron chi connectivity index (χ3n) is 5.61. The number of benzene rings is 1. The van der Waals surface area contributed by atoms with Gasteiger partial charge in [-0.2, -0.15) is 5.10 Å². The van der Waals surface area contributed by atoms with Crippen molar-refractivity contribution in [3.63, 3.8) is 0 Å². The van der Waals surface area contributed by atoms with Crippen molar-refractivity contribution in [3.05, 3.63) is 46.7 Å². The number of carbonyl (C=O) groups is 2. The number of amides is 1. The van der Waals surface area contributed by atoms with Gasteiger partial charge in [0, 0.05) is 31.3 Å². The number of rotatable bonds is 3. The summed E-state index contributed by atoms with van der Waals surface area (Å²) in [4.78, 5) is 26.5. The van der Waals surface area contributed by atoms with Gasteiger partial charge in [0.2, 0.25) is 0 Å². The van der Waals surface area contributed by atoms with E-state index in [1.807, 2.05) is 25.1 Å². The molecule has 1 aromatic carbocycles. The molecule has 2 aliphatic heterocycles. The van der Waals surface area contributed by atoms with E-state index in [0.29, 0.717) is 36.9 Å². The van der Waals surface area contributed by atoms with Crippen molar-refractivity contribution in [1.29, 1.82) is 0 Å². The van der Waals surface area contributed by atoms with Gasteiger partial charge in [-0.15, -0.1) is 0 Å². The highest BCUT2D eigenvalue weighted by atomic mass is 35.5. The van der Waals surface area contributed by atoms with Crippen LogP contribution >= 0.6 is 11.6 Å². The summed E-state index contributed by atoms with van der Waals surface area (Å²) in [5.41, 5.74) is 0.835. The summed E-state index contributed by atoms with van der Waals surface area (Å²) >= 11 is 6.25. The van der Waals surface area contributed by atoms with E-state index in [4.69, 9.17) is 16.3 Å². The number of aromatic nitrogens is 2. The zero-order valence-corrected chi connectivity index (χ0v) is 15.6. The van der Waals surface area contributed by atoms with E-state index >= 15 is 0 Å². The van der Waals surface area contributed by atoms with Crippen LogP contribution in [0.4, 0.5) is 0 Å². The van der Waals surface area contributed by atoms with E-state index in [2.05, 4.69) is 5.10 Å². The first kappa shape index (κ1) is 18.0. The van der Waals surface area contributed by atoms with E-state index in [1.54, 1.807) is 21.7 Å². The molecule has 0 saturated carbocycles.